The molecule has 18 nitrogen and oxygen atoms in total. The molecule has 0 aliphatic carbocycles. The van der Waals surface area contributed by atoms with Gasteiger partial charge in [0.2, 0.25) is 0 Å². The second-order valence-corrected chi connectivity index (χ2v) is 19.5. The third-order valence-electron chi connectivity index (χ3n) is 10.2. The smallest absolute Gasteiger partial charge is 0.462 e. The number of nitrogens with zero attached hydrogens (tertiary/aromatic N) is 2. The van der Waals surface area contributed by atoms with Gasteiger partial charge >= 0.3 is 33.3 Å². The number of carbonyl (C=O) groups is 2. The summed E-state index contributed by atoms with van der Waals surface area (Å²) in [5, 5.41) is 20.8. The first-order valence-corrected chi connectivity index (χ1v) is 25.7. The number of allylic oxidation sites excluding steroid dienone is 4. The van der Waals surface area contributed by atoms with Crippen LogP contribution in [0.3, 0.4) is 0 Å². The Morgan fingerprint density at radius 1 is 0.810 bits per heavy atom. The minimum atomic E-state index is -5.42. The predicted octanol–water partition coefficient (Wildman–Crippen LogP) is 8.13. The van der Waals surface area contributed by atoms with Gasteiger partial charge in [-0.2, -0.15) is 9.29 Å². The Labute approximate surface area is 373 Å². The number of phosphoric ester groups is 2. The van der Waals surface area contributed by atoms with Crippen molar-refractivity contribution < 1.29 is 66.3 Å². The zero-order chi connectivity index (χ0) is 46.5. The van der Waals surface area contributed by atoms with Crippen molar-refractivity contribution in [1.29, 1.82) is 0 Å². The topological polar surface area (TPSA) is 265 Å². The van der Waals surface area contributed by atoms with Crippen molar-refractivity contribution in [2.24, 2.45) is 5.92 Å². The van der Waals surface area contributed by atoms with Crippen LogP contribution in [0.15, 0.2) is 41.4 Å². The molecule has 7 atom stereocenters. The number of aliphatic hydroxyl groups excluding tert-OH is 2. The Morgan fingerprint density at radius 3 is 1.97 bits per heavy atom. The number of phosphoric acid groups is 2. The van der Waals surface area contributed by atoms with Crippen LogP contribution in [-0.4, -0.2) is 85.7 Å². The molecular weight excluding hydrogens is 860 g/mol. The van der Waals surface area contributed by atoms with Gasteiger partial charge in [0.15, 0.2) is 12.3 Å². The molecule has 0 radical (unpaired) electrons. The summed E-state index contributed by atoms with van der Waals surface area (Å²) in [6.45, 7) is 4.32. The summed E-state index contributed by atoms with van der Waals surface area (Å²) >= 11 is 0. The Bertz CT molecular complexity index is 1660. The first kappa shape index (κ1) is 56.4. The molecule has 20 heteroatoms. The highest BCUT2D eigenvalue weighted by Gasteiger charge is 2.46. The van der Waals surface area contributed by atoms with E-state index in [1.54, 1.807) is 0 Å². The van der Waals surface area contributed by atoms with E-state index in [9.17, 15) is 43.5 Å². The lowest BCUT2D eigenvalue weighted by Gasteiger charge is -2.21. The fourth-order valence-corrected chi connectivity index (χ4v) is 8.77. The highest BCUT2D eigenvalue weighted by atomic mass is 31.3. The summed E-state index contributed by atoms with van der Waals surface area (Å²) < 4.78 is 56.5. The normalized spacial score (nSPS) is 20.3. The molecule has 1 saturated heterocycles. The largest absolute Gasteiger partial charge is 0.481 e. The average molecular weight is 936 g/mol. The Kier molecular flexibility index (Phi) is 28.6. The molecule has 63 heavy (non-hydrogen) atoms. The van der Waals surface area contributed by atoms with Crippen LogP contribution in [-0.2, 0) is 46.3 Å². The van der Waals surface area contributed by atoms with E-state index in [1.165, 1.54) is 51.0 Å². The third-order valence-corrected chi connectivity index (χ3v) is 12.8. The number of hydrogen-bond donors (Lipinski definition) is 5. The quantitative estimate of drug-likeness (QED) is 0.0184. The van der Waals surface area contributed by atoms with Gasteiger partial charge in [-0.25, -0.2) is 13.9 Å². The molecule has 0 saturated carbocycles. The van der Waals surface area contributed by atoms with Gasteiger partial charge in [0, 0.05) is 19.0 Å². The van der Waals surface area contributed by atoms with Crippen molar-refractivity contribution in [3.05, 3.63) is 47.1 Å². The second kappa shape index (κ2) is 32.0. The van der Waals surface area contributed by atoms with Gasteiger partial charge in [-0.15, -0.1) is 0 Å². The highest BCUT2D eigenvalue weighted by Crippen LogP contribution is 2.60. The fraction of sp³-hybridized carbons (Fsp3) is 0.767. The molecule has 0 spiro atoms. The van der Waals surface area contributed by atoms with E-state index in [-0.39, 0.29) is 18.7 Å². The monoisotopic (exact) mass is 935 g/mol. The van der Waals surface area contributed by atoms with Crippen LogP contribution < -0.4 is 11.4 Å². The summed E-state index contributed by atoms with van der Waals surface area (Å²) in [5.41, 5.74) is 4.58. The standard InChI is InChI=1S/C43H75N3O15P2/c1-4-5-6-7-8-9-10-11-12-13-14-15-18-22-25-28-39(48)59-35(31-56-38(47)27-24-21-19-16-17-20-23-26-34(2)3)32-57-62(52,53)61-63(54,55)58-33-36-40(49)41(50)42(60-36)46-30-29-37(44)45-43(46)51/h9-12,29-30,34-36,40-42,49-50H,4-8,13-28,31-33H2,1-3H3,(H,52,53)(H,54,55)(H2,44,45,51)/b10-9-,12-11-/t35-,36-,40+,41?,42-/m1/s1. The molecule has 2 rings (SSSR count). The summed E-state index contributed by atoms with van der Waals surface area (Å²) in [6.07, 6.45) is 21.6. The van der Waals surface area contributed by atoms with E-state index >= 15 is 0 Å². The van der Waals surface area contributed by atoms with E-state index in [0.717, 1.165) is 75.0 Å². The molecule has 1 fully saturated rings. The maximum absolute atomic E-state index is 12.8. The van der Waals surface area contributed by atoms with Crippen LogP contribution in [0.2, 0.25) is 0 Å². The summed E-state index contributed by atoms with van der Waals surface area (Å²) in [6, 6.07) is 1.25. The number of nitrogens with two attached hydrogens (primary N) is 1. The molecule has 1 aliphatic rings. The Morgan fingerprint density at radius 2 is 1.37 bits per heavy atom. The molecule has 1 aliphatic heterocycles. The van der Waals surface area contributed by atoms with Crippen molar-refractivity contribution in [2.45, 2.75) is 186 Å². The van der Waals surface area contributed by atoms with Crippen molar-refractivity contribution in [1.82, 2.24) is 9.55 Å². The number of rotatable bonds is 36. The maximum atomic E-state index is 12.8. The van der Waals surface area contributed by atoms with Crippen LogP contribution in [0.1, 0.15) is 162 Å². The number of esters is 2. The SMILES string of the molecule is CCCCCC/C=C\C=C/CCCCCCCC(=O)O[C@H](COC(=O)CCCCCCCCCC(C)C)COP(=O)(O)OP(=O)(O)OC[C@H]1O[C@@H](n2ccc(N)nc2=O)C(O)[C@H]1O. The molecule has 0 amide bonds. The van der Waals surface area contributed by atoms with Crippen LogP contribution in [0.4, 0.5) is 5.82 Å². The van der Waals surface area contributed by atoms with Crippen molar-refractivity contribution in [2.75, 3.05) is 25.6 Å². The van der Waals surface area contributed by atoms with Crippen LogP contribution in [0.25, 0.3) is 0 Å². The summed E-state index contributed by atoms with van der Waals surface area (Å²) in [7, 11) is -10.8. The summed E-state index contributed by atoms with van der Waals surface area (Å²) in [5.74, 6) is -0.617. The molecule has 1 aromatic heterocycles. The number of aliphatic hydroxyl groups is 2. The molecule has 2 heterocycles. The zero-order valence-corrected chi connectivity index (χ0v) is 39.3. The first-order chi connectivity index (χ1) is 30.0. The molecule has 0 aromatic carbocycles. The second-order valence-electron chi connectivity index (χ2n) is 16.4. The Balaban J connectivity index is 1.85. The minimum Gasteiger partial charge on any atom is -0.462 e. The molecule has 3 unspecified atom stereocenters. The summed E-state index contributed by atoms with van der Waals surface area (Å²) in [4.78, 5) is 61.6. The van der Waals surface area contributed by atoms with Crippen molar-refractivity contribution >= 4 is 33.4 Å². The lowest BCUT2D eigenvalue weighted by Crippen LogP contribution is -2.36. The molecule has 1 aromatic rings. The van der Waals surface area contributed by atoms with Gasteiger partial charge < -0.3 is 39.9 Å². The van der Waals surface area contributed by atoms with Crippen LogP contribution in [0.5, 0.6) is 0 Å². The Hall–Kier alpha value is -2.76. The van der Waals surface area contributed by atoms with E-state index in [4.69, 9.17) is 29.0 Å². The van der Waals surface area contributed by atoms with E-state index in [2.05, 4.69) is 54.4 Å². The minimum absolute atomic E-state index is 0.0337. The van der Waals surface area contributed by atoms with Gasteiger partial charge in [-0.1, -0.05) is 129 Å². The molecule has 6 N–H and O–H groups in total. The lowest BCUT2D eigenvalue weighted by atomic mass is 10.0. The number of carbonyl (C=O) groups excluding carboxylic acids is 2. The van der Waals surface area contributed by atoms with Gasteiger partial charge in [0.05, 0.1) is 13.2 Å². The number of hydrogen-bond acceptors (Lipinski definition) is 15. The fourth-order valence-electron chi connectivity index (χ4n) is 6.66. The van der Waals surface area contributed by atoms with Crippen molar-refractivity contribution in [3.63, 3.8) is 0 Å². The maximum Gasteiger partial charge on any atom is 0.481 e. The predicted molar refractivity (Wildman–Crippen MR) is 238 cm³/mol. The first-order valence-electron chi connectivity index (χ1n) is 22.7. The highest BCUT2D eigenvalue weighted by molar-refractivity contribution is 7.61. The van der Waals surface area contributed by atoms with E-state index < -0.39 is 83.7 Å². The number of nitrogen functional groups attached to an aromatic ring is 1. The van der Waals surface area contributed by atoms with Gasteiger partial charge in [-0.3, -0.25) is 23.2 Å². The van der Waals surface area contributed by atoms with Gasteiger partial charge in [-0.05, 0) is 50.5 Å². The molecule has 0 bridgehead atoms. The van der Waals surface area contributed by atoms with E-state index in [0.29, 0.717) is 18.8 Å². The third kappa shape index (κ3) is 26.1. The zero-order valence-electron chi connectivity index (χ0n) is 37.5. The number of anilines is 1. The molecule has 362 valence electrons. The average Bonchev–Trinajstić information content (AvgIpc) is 3.50. The van der Waals surface area contributed by atoms with Gasteiger partial charge in [0.25, 0.3) is 0 Å². The van der Waals surface area contributed by atoms with Gasteiger partial charge in [0.1, 0.15) is 30.7 Å². The lowest BCUT2D eigenvalue weighted by molar-refractivity contribution is -0.161. The number of unbranched alkanes of at least 4 members (excludes halogenated alkanes) is 15. The van der Waals surface area contributed by atoms with Crippen LogP contribution in [0, 0.1) is 5.92 Å². The number of aromatic nitrogens is 2. The van der Waals surface area contributed by atoms with Crippen molar-refractivity contribution in [3.8, 4) is 0 Å². The number of ether oxygens (including phenoxy) is 3. The van der Waals surface area contributed by atoms with Crippen LogP contribution >= 0.6 is 15.6 Å². The molecular formula is C43H75N3O15P2. The van der Waals surface area contributed by atoms with E-state index in [1.807, 2.05) is 0 Å².